The molecule has 1 heterocycles. The fourth-order valence-corrected chi connectivity index (χ4v) is 2.35. The van der Waals surface area contributed by atoms with E-state index in [9.17, 15) is 4.79 Å². The summed E-state index contributed by atoms with van der Waals surface area (Å²) < 4.78 is 0. The second-order valence-electron chi connectivity index (χ2n) is 2.71. The Labute approximate surface area is 70.7 Å². The van der Waals surface area contributed by atoms with E-state index in [4.69, 9.17) is 5.11 Å². The number of hydrogen-bond acceptors (Lipinski definition) is 2. The molecule has 11 heavy (non-hydrogen) atoms. The molecule has 1 saturated heterocycles. The van der Waals surface area contributed by atoms with Gasteiger partial charge in [-0.15, -0.1) is 0 Å². The van der Waals surface area contributed by atoms with Gasteiger partial charge in [0.25, 0.3) is 0 Å². The summed E-state index contributed by atoms with van der Waals surface area (Å²) in [5, 5.41) is 9.01. The number of aliphatic carboxylic acids is 1. The van der Waals surface area contributed by atoms with Crippen LogP contribution >= 0.6 is 11.8 Å². The zero-order chi connectivity index (χ0) is 8.27. The van der Waals surface area contributed by atoms with Gasteiger partial charge < -0.3 is 5.11 Å². The van der Waals surface area contributed by atoms with Crippen molar-refractivity contribution in [2.24, 2.45) is 0 Å². The smallest absolute Gasteiger partial charge is 0.330 e. The lowest BCUT2D eigenvalue weighted by atomic mass is 10.2. The molecule has 0 spiro atoms. The topological polar surface area (TPSA) is 37.3 Å². The first-order chi connectivity index (χ1) is 5.20. The van der Waals surface area contributed by atoms with E-state index in [1.54, 1.807) is 6.92 Å². The van der Waals surface area contributed by atoms with Crippen molar-refractivity contribution in [3.8, 4) is 0 Å². The van der Waals surface area contributed by atoms with Crippen LogP contribution in [0.1, 0.15) is 19.8 Å². The Hall–Kier alpha value is -0.440. The van der Waals surface area contributed by atoms with Gasteiger partial charge in [0, 0.05) is 10.8 Å². The van der Waals surface area contributed by atoms with Crippen LogP contribution in [0.25, 0.3) is 0 Å². The first kappa shape index (κ1) is 8.65. The van der Waals surface area contributed by atoms with Crippen LogP contribution in [-0.4, -0.2) is 22.1 Å². The van der Waals surface area contributed by atoms with E-state index in [1.165, 1.54) is 12.2 Å². The Morgan fingerprint density at radius 3 is 2.91 bits per heavy atom. The van der Waals surface area contributed by atoms with Gasteiger partial charge in [0.2, 0.25) is 0 Å². The second-order valence-corrected chi connectivity index (χ2v) is 4.05. The number of hydrogen-bond donors (Lipinski definition) is 1. The van der Waals surface area contributed by atoms with E-state index in [0.29, 0.717) is 10.8 Å². The molecule has 2 nitrogen and oxygen atoms in total. The molecule has 1 rings (SSSR count). The molecule has 0 aromatic carbocycles. The third kappa shape index (κ3) is 2.58. The largest absolute Gasteiger partial charge is 0.478 e. The normalized spacial score (nSPS) is 25.5. The maximum atomic E-state index is 10.4. The number of rotatable bonds is 2. The summed E-state index contributed by atoms with van der Waals surface area (Å²) in [7, 11) is 0. The van der Waals surface area contributed by atoms with Crippen molar-refractivity contribution in [2.45, 2.75) is 25.0 Å². The summed E-state index contributed by atoms with van der Waals surface area (Å²) >= 11 is 1.85. The molecule has 0 bridgehead atoms. The third-order valence-electron chi connectivity index (χ3n) is 1.74. The van der Waals surface area contributed by atoms with Crippen LogP contribution in [0.3, 0.4) is 0 Å². The van der Waals surface area contributed by atoms with Gasteiger partial charge in [-0.05, 0) is 25.5 Å². The molecule has 1 fully saturated rings. The molecular formula is C8H12O2S. The minimum atomic E-state index is -0.794. The molecule has 1 unspecified atom stereocenters. The Balaban J connectivity index is 2.49. The molecular weight excluding hydrogens is 160 g/mol. The van der Waals surface area contributed by atoms with E-state index in [-0.39, 0.29) is 0 Å². The van der Waals surface area contributed by atoms with Gasteiger partial charge in [-0.2, -0.15) is 11.8 Å². The Morgan fingerprint density at radius 2 is 2.45 bits per heavy atom. The minimum Gasteiger partial charge on any atom is -0.478 e. The van der Waals surface area contributed by atoms with Crippen molar-refractivity contribution < 1.29 is 9.90 Å². The van der Waals surface area contributed by atoms with Gasteiger partial charge in [-0.1, -0.05) is 6.08 Å². The molecule has 62 valence electrons. The maximum Gasteiger partial charge on any atom is 0.330 e. The molecule has 1 aliphatic heterocycles. The lowest BCUT2D eigenvalue weighted by Crippen LogP contribution is -2.00. The maximum absolute atomic E-state index is 10.4. The van der Waals surface area contributed by atoms with Crippen molar-refractivity contribution in [1.82, 2.24) is 0 Å². The Kier molecular flexibility index (Phi) is 3.00. The van der Waals surface area contributed by atoms with E-state index in [0.717, 1.165) is 6.42 Å². The monoisotopic (exact) mass is 172 g/mol. The van der Waals surface area contributed by atoms with Gasteiger partial charge in [0.15, 0.2) is 0 Å². The highest BCUT2D eigenvalue weighted by molar-refractivity contribution is 8.00. The predicted molar refractivity (Wildman–Crippen MR) is 46.9 cm³/mol. The summed E-state index contributed by atoms with van der Waals surface area (Å²) in [5.74, 6) is 0.381. The van der Waals surface area contributed by atoms with Crippen LogP contribution in [0.15, 0.2) is 11.6 Å². The van der Waals surface area contributed by atoms with Gasteiger partial charge in [-0.25, -0.2) is 4.79 Å². The average molecular weight is 172 g/mol. The summed E-state index contributed by atoms with van der Waals surface area (Å²) in [6.07, 6.45) is 4.22. The van der Waals surface area contributed by atoms with Gasteiger partial charge in [0.05, 0.1) is 0 Å². The van der Waals surface area contributed by atoms with E-state index < -0.39 is 5.97 Å². The minimum absolute atomic E-state index is 0.450. The fourth-order valence-electron chi connectivity index (χ4n) is 1.08. The van der Waals surface area contributed by atoms with Crippen LogP contribution in [-0.2, 0) is 4.79 Å². The van der Waals surface area contributed by atoms with Gasteiger partial charge in [0.1, 0.15) is 0 Å². The first-order valence-electron chi connectivity index (χ1n) is 3.73. The number of carboxylic acid groups (broad SMARTS) is 1. The molecule has 0 radical (unpaired) electrons. The molecule has 0 aliphatic carbocycles. The highest BCUT2D eigenvalue weighted by Crippen LogP contribution is 2.27. The molecule has 0 aromatic heterocycles. The van der Waals surface area contributed by atoms with Crippen LogP contribution in [0.5, 0.6) is 0 Å². The fraction of sp³-hybridized carbons (Fsp3) is 0.625. The van der Waals surface area contributed by atoms with Crippen LogP contribution < -0.4 is 0 Å². The summed E-state index contributed by atoms with van der Waals surface area (Å²) in [4.78, 5) is 10.4. The lowest BCUT2D eigenvalue weighted by molar-refractivity contribution is -0.132. The molecule has 0 aromatic rings. The predicted octanol–water partition coefficient (Wildman–Crippen LogP) is 1.91. The van der Waals surface area contributed by atoms with Gasteiger partial charge >= 0.3 is 5.97 Å². The van der Waals surface area contributed by atoms with Gasteiger partial charge in [-0.3, -0.25) is 0 Å². The van der Waals surface area contributed by atoms with E-state index in [1.807, 2.05) is 17.8 Å². The molecule has 0 saturated carbocycles. The molecule has 1 N–H and O–H groups in total. The van der Waals surface area contributed by atoms with Crippen molar-refractivity contribution in [3.05, 3.63) is 11.6 Å². The van der Waals surface area contributed by atoms with Crippen molar-refractivity contribution in [3.63, 3.8) is 0 Å². The quantitative estimate of drug-likeness (QED) is 0.646. The summed E-state index contributed by atoms with van der Waals surface area (Å²) in [5.41, 5.74) is 0.476. The number of thioether (sulfide) groups is 1. The molecule has 3 heteroatoms. The molecule has 1 atom stereocenters. The molecule has 0 amide bonds. The van der Waals surface area contributed by atoms with Crippen molar-refractivity contribution in [2.75, 3.05) is 5.75 Å². The zero-order valence-electron chi connectivity index (χ0n) is 6.54. The second kappa shape index (κ2) is 3.81. The van der Waals surface area contributed by atoms with E-state index >= 15 is 0 Å². The standard InChI is InChI=1S/C8H12O2S/c1-6(8(9)10)5-7-3-2-4-11-7/h5,7H,2-4H2,1H3,(H,9,10)/b6-5+. The zero-order valence-corrected chi connectivity index (χ0v) is 7.36. The number of carboxylic acids is 1. The molecule has 1 aliphatic rings. The third-order valence-corrected chi connectivity index (χ3v) is 3.06. The van der Waals surface area contributed by atoms with Crippen molar-refractivity contribution in [1.29, 1.82) is 0 Å². The Bertz CT molecular complexity index is 181. The SMILES string of the molecule is C/C(=C\C1CCCS1)C(=O)O. The Morgan fingerprint density at radius 1 is 1.73 bits per heavy atom. The van der Waals surface area contributed by atoms with Crippen LogP contribution in [0.2, 0.25) is 0 Å². The van der Waals surface area contributed by atoms with Crippen LogP contribution in [0, 0.1) is 0 Å². The number of carbonyl (C=O) groups is 1. The van der Waals surface area contributed by atoms with Crippen LogP contribution in [0.4, 0.5) is 0 Å². The first-order valence-corrected chi connectivity index (χ1v) is 4.78. The van der Waals surface area contributed by atoms with Crippen molar-refractivity contribution >= 4 is 17.7 Å². The highest BCUT2D eigenvalue weighted by atomic mass is 32.2. The van der Waals surface area contributed by atoms with E-state index in [2.05, 4.69) is 0 Å². The highest BCUT2D eigenvalue weighted by Gasteiger charge is 2.14. The average Bonchev–Trinajstić information content (AvgIpc) is 2.39. The summed E-state index contributed by atoms with van der Waals surface area (Å²) in [6.45, 7) is 1.65. The lowest BCUT2D eigenvalue weighted by Gasteiger charge is -2.00. The summed E-state index contributed by atoms with van der Waals surface area (Å²) in [6, 6.07) is 0.